The molecule has 6 saturated carbocycles. The fraction of sp³-hybridized carbons (Fsp3) is 0.662. The summed E-state index contributed by atoms with van der Waals surface area (Å²) in [6.07, 6.45) is 39.5. The van der Waals surface area contributed by atoms with Gasteiger partial charge in [-0.1, -0.05) is 51.2 Å². The van der Waals surface area contributed by atoms with Crippen LogP contribution in [0.3, 0.4) is 0 Å². The molecular formula is C77H103ClFN3O10S4. The molecule has 0 bridgehead atoms. The van der Waals surface area contributed by atoms with Crippen molar-refractivity contribution in [1.29, 1.82) is 0 Å². The highest BCUT2D eigenvalue weighted by molar-refractivity contribution is 7.14. The van der Waals surface area contributed by atoms with Crippen molar-refractivity contribution in [2.75, 3.05) is 21.3 Å². The first-order valence-electron chi connectivity index (χ1n) is 35.6. The molecule has 6 fully saturated rings. The molecule has 5 aromatic rings. The zero-order valence-corrected chi connectivity index (χ0v) is 60.9. The number of ether oxygens (including phenoxy) is 3. The highest BCUT2D eigenvalue weighted by atomic mass is 35.5. The molecule has 0 spiro atoms. The number of hydrogen-bond acceptors (Lipinski definition) is 15. The third-order valence-corrected chi connectivity index (χ3v) is 27.9. The first-order valence-corrected chi connectivity index (χ1v) is 39.4. The van der Waals surface area contributed by atoms with Gasteiger partial charge < -0.3 is 43.6 Å². The number of thiophene rings is 4. The zero-order valence-electron chi connectivity index (χ0n) is 56.9. The average Bonchev–Trinajstić information content (AvgIpc) is 1.30. The minimum atomic E-state index is -0.440. The van der Waals surface area contributed by atoms with Crippen LogP contribution in [0, 0.1) is 64.6 Å². The first-order chi connectivity index (χ1) is 46.4. The molecule has 5 aromatic heterocycles. The number of rotatable bonds is 32. The molecule has 3 unspecified atom stereocenters. The summed E-state index contributed by atoms with van der Waals surface area (Å²) in [7, 11) is 4.24. The Morgan fingerprint density at radius 3 is 1.66 bits per heavy atom. The van der Waals surface area contributed by atoms with Crippen LogP contribution in [-0.2, 0) is 45.3 Å². The minimum Gasteiger partial charge on any atom is -0.465 e. The zero-order chi connectivity index (χ0) is 68.2. The number of alkyl halides is 1. The van der Waals surface area contributed by atoms with E-state index in [2.05, 4.69) is 39.8 Å². The third-order valence-electron chi connectivity index (χ3n) is 23.2. The Hall–Kier alpha value is -4.76. The first kappa shape index (κ1) is 75.4. The second kappa shape index (κ2) is 36.5. The molecule has 96 heavy (non-hydrogen) atoms. The Morgan fingerprint density at radius 1 is 0.667 bits per heavy atom. The van der Waals surface area contributed by atoms with E-state index in [4.69, 9.17) is 43.4 Å². The number of aromatic nitrogens is 1. The van der Waals surface area contributed by atoms with Crippen molar-refractivity contribution < 1.29 is 52.7 Å². The standard InChI is InChI=1S/C27H34FNO3S2.C27H34N2O4S.C23H35ClO3S/c1-29-22-12-10-18(6-3-7-20-11-13-23(34-20)26(31)32-2)21(22)8-4-9-24(30)27(14-5-15-27)19-16-25(28)33-17-19;1-28-23-12-10-19(6-3-7-21-11-13-24(34-21)26(31)32-2)22(23)8-4-9-25(30)27(14-5-15-27)16-20-17-29-18-33-20;1-23(14-5-15-23)21(25)9-4-8-18-16(10-12-19(18)24)6-3-7-17-11-13-20(28-17)22(26)27-2/h11,13,16-18,21-22,24,30H,3-10,12,14-15H2,2H3;4,8,11,13,17-19,22-23,25,30H,3,5-7,9-10,12,14-16H2,2H3;11,13,16,18-19,21,25H,3-10,12,14-15H2,1-2H3/b;8-4+;/t18-,21+,22-,24?;19-,22+,23-,25?;16-,18+,19-,21?/m000/s1. The van der Waals surface area contributed by atoms with Crippen molar-refractivity contribution in [2.24, 2.45) is 46.3 Å². The average molecular weight is 1410 g/mol. The number of nitrogens with zero attached hydrogens (tertiary/aromatic N) is 3. The molecule has 0 amide bonds. The number of aliphatic hydroxyl groups excluding tert-OH is 3. The molecule has 5 heterocycles. The van der Waals surface area contributed by atoms with Crippen molar-refractivity contribution >= 4 is 74.9 Å². The molecule has 6 aliphatic carbocycles. The lowest BCUT2D eigenvalue weighted by atomic mass is 9.61. The van der Waals surface area contributed by atoms with Gasteiger partial charge in [0, 0.05) is 56.0 Å². The quantitative estimate of drug-likeness (QED) is 0.0123. The molecule has 3 N–H and O–H groups in total. The summed E-state index contributed by atoms with van der Waals surface area (Å²) in [4.78, 5) is 52.4. The monoisotopic (exact) mass is 1410 g/mol. The summed E-state index contributed by atoms with van der Waals surface area (Å²) < 4.78 is 33.4. The summed E-state index contributed by atoms with van der Waals surface area (Å²) in [6, 6.07) is 13.4. The lowest BCUT2D eigenvalue weighted by Gasteiger charge is -2.45. The molecule has 13 nitrogen and oxygen atoms in total. The Kier molecular flexibility index (Phi) is 28.7. The predicted molar refractivity (Wildman–Crippen MR) is 383 cm³/mol. The molecule has 524 valence electrons. The van der Waals surface area contributed by atoms with Crippen LogP contribution in [0.4, 0.5) is 4.39 Å². The molecule has 11 rings (SSSR count). The van der Waals surface area contributed by atoms with E-state index in [1.165, 1.54) is 97.1 Å². The number of methoxy groups -OCH3 is 3. The van der Waals surface area contributed by atoms with E-state index in [1.807, 2.05) is 35.7 Å². The van der Waals surface area contributed by atoms with Crippen LogP contribution in [0.15, 0.2) is 77.0 Å². The lowest BCUT2D eigenvalue weighted by Crippen LogP contribution is -2.45. The van der Waals surface area contributed by atoms with Gasteiger partial charge in [0.2, 0.25) is 12.1 Å². The fourth-order valence-corrected chi connectivity index (χ4v) is 21.0. The van der Waals surface area contributed by atoms with Gasteiger partial charge in [-0.05, 0) is 237 Å². The number of carbonyl (C=O) groups is 3. The fourth-order valence-electron chi connectivity index (χ4n) is 16.9. The van der Waals surface area contributed by atoms with E-state index >= 15 is 0 Å². The predicted octanol–water partition coefficient (Wildman–Crippen LogP) is 19.1. The van der Waals surface area contributed by atoms with Crippen LogP contribution in [-0.4, -0.2) is 95.3 Å². The van der Waals surface area contributed by atoms with Crippen LogP contribution in [0.1, 0.15) is 242 Å². The maximum absolute atomic E-state index is 13.6. The second-order valence-corrected chi connectivity index (χ2v) is 33.8. The maximum Gasteiger partial charge on any atom is 0.348 e. The van der Waals surface area contributed by atoms with Crippen molar-refractivity contribution in [2.45, 2.75) is 254 Å². The van der Waals surface area contributed by atoms with Crippen molar-refractivity contribution in [3.63, 3.8) is 0 Å². The molecule has 0 aliphatic heterocycles. The number of carbonyl (C=O) groups excluding carboxylic acids is 3. The van der Waals surface area contributed by atoms with Crippen LogP contribution in [0.5, 0.6) is 0 Å². The van der Waals surface area contributed by atoms with Gasteiger partial charge in [0.05, 0.1) is 51.8 Å². The maximum atomic E-state index is 13.6. The number of aryl methyl sites for hydroxylation is 3. The van der Waals surface area contributed by atoms with E-state index in [9.17, 15) is 34.1 Å². The van der Waals surface area contributed by atoms with Crippen LogP contribution < -0.4 is 0 Å². The van der Waals surface area contributed by atoms with Gasteiger partial charge >= 0.3 is 17.9 Å². The van der Waals surface area contributed by atoms with Gasteiger partial charge in [-0.25, -0.2) is 32.5 Å². The van der Waals surface area contributed by atoms with Crippen LogP contribution in [0.2, 0.25) is 0 Å². The topological polar surface area (TPSA) is 174 Å². The van der Waals surface area contributed by atoms with Crippen molar-refractivity contribution in [3.05, 3.63) is 141 Å². The van der Waals surface area contributed by atoms with Gasteiger partial charge in [0.25, 0.3) is 0 Å². The Labute approximate surface area is 591 Å². The molecule has 0 aromatic carbocycles. The van der Waals surface area contributed by atoms with E-state index in [-0.39, 0.29) is 63.4 Å². The second-order valence-electron chi connectivity index (χ2n) is 28.9. The lowest BCUT2D eigenvalue weighted by molar-refractivity contribution is -0.0356. The summed E-state index contributed by atoms with van der Waals surface area (Å²) >= 11 is 12.3. The van der Waals surface area contributed by atoms with E-state index < -0.39 is 12.2 Å². The summed E-state index contributed by atoms with van der Waals surface area (Å²) in [5, 5.41) is 34.6. The Bertz CT molecular complexity index is 3330. The molecular weight excluding hydrogens is 1310 g/mol. The third kappa shape index (κ3) is 19.6. The molecule has 6 aliphatic rings. The van der Waals surface area contributed by atoms with E-state index in [1.54, 1.807) is 23.6 Å². The number of halogens is 2. The van der Waals surface area contributed by atoms with Gasteiger partial charge in [-0.15, -0.1) is 56.9 Å². The smallest absolute Gasteiger partial charge is 0.348 e. The Balaban J connectivity index is 0.000000170. The normalized spacial score (nSPS) is 25.3. The Morgan fingerprint density at radius 2 is 1.18 bits per heavy atom. The van der Waals surface area contributed by atoms with Gasteiger partial charge in [-0.3, -0.25) is 0 Å². The molecule has 12 atom stereocenters. The number of oxazole rings is 1. The highest BCUT2D eigenvalue weighted by Crippen LogP contribution is 2.51. The van der Waals surface area contributed by atoms with Crippen LogP contribution in [0.25, 0.3) is 9.69 Å². The van der Waals surface area contributed by atoms with Gasteiger partial charge in [0.15, 0.2) is 11.5 Å². The molecule has 19 heteroatoms. The molecule has 0 saturated heterocycles. The van der Waals surface area contributed by atoms with Crippen molar-refractivity contribution in [3.8, 4) is 0 Å². The van der Waals surface area contributed by atoms with E-state index in [0.717, 1.165) is 190 Å². The van der Waals surface area contributed by atoms with Crippen molar-refractivity contribution in [1.82, 2.24) is 4.98 Å². The van der Waals surface area contributed by atoms with E-state index in [0.29, 0.717) is 56.0 Å². The summed E-state index contributed by atoms with van der Waals surface area (Å²) in [5.74, 6) is 3.06. The van der Waals surface area contributed by atoms with Gasteiger partial charge in [-0.2, -0.15) is 4.39 Å². The van der Waals surface area contributed by atoms with Crippen LogP contribution >= 0.6 is 56.9 Å². The largest absolute Gasteiger partial charge is 0.465 e. The highest BCUT2D eigenvalue weighted by Gasteiger charge is 2.47. The number of aliphatic hydroxyl groups is 3. The molecule has 0 radical (unpaired) electrons. The SMILES string of the molecule is COC(=O)c1ccc(CCC[C@H]2CC[C@H](Cl)[C@@H]2CCCC(O)C2(C)CCC2)s1.[C-]#[N+][C@H]1CC[C@H](CCCc2ccc(C(=O)OC)s2)[C@H]1/C=C/CC(O)C1(Cc2cnco2)CCC1.[C-]#[N+][C@H]1CC[C@H](CCCc2ccc(C(=O)OC)s2)[C@H]1CCCC(O)C1(c2csc(F)c2)CCC1. The number of hydrogen-bond donors (Lipinski definition) is 3. The minimum absolute atomic E-state index is 0.0397. The van der Waals surface area contributed by atoms with Gasteiger partial charge in [0.1, 0.15) is 20.4 Å². The number of esters is 3. The summed E-state index contributed by atoms with van der Waals surface area (Å²) in [6.45, 7) is 17.5. The summed E-state index contributed by atoms with van der Waals surface area (Å²) in [5.41, 5.74) is 0.774.